The number of fused-ring (bicyclic) bond motifs is 1. The second kappa shape index (κ2) is 8.57. The molecule has 29 heavy (non-hydrogen) atoms. The molecule has 0 unspecified atom stereocenters. The lowest BCUT2D eigenvalue weighted by Gasteiger charge is -2.33. The number of hydrogen-bond acceptors (Lipinski definition) is 4. The van der Waals surface area contributed by atoms with Crippen LogP contribution in [0.25, 0.3) is 0 Å². The molecule has 0 saturated carbocycles. The molecular formula is C23H30N2O3S. The lowest BCUT2D eigenvalue weighted by atomic mass is 9.72. The highest BCUT2D eigenvalue weighted by atomic mass is 32.1. The second-order valence-electron chi connectivity index (χ2n) is 8.71. The van der Waals surface area contributed by atoms with E-state index in [9.17, 15) is 9.59 Å². The van der Waals surface area contributed by atoms with Crippen molar-refractivity contribution < 1.29 is 14.3 Å². The van der Waals surface area contributed by atoms with Crippen LogP contribution in [0.4, 0.5) is 5.00 Å². The summed E-state index contributed by atoms with van der Waals surface area (Å²) in [6, 6.07) is 7.08. The Bertz CT molecular complexity index is 911. The highest BCUT2D eigenvalue weighted by molar-refractivity contribution is 7.17. The van der Waals surface area contributed by atoms with Crippen LogP contribution in [0.3, 0.4) is 0 Å². The van der Waals surface area contributed by atoms with Crippen LogP contribution in [0.5, 0.6) is 5.75 Å². The van der Waals surface area contributed by atoms with Gasteiger partial charge in [0.15, 0.2) is 0 Å². The topological polar surface area (TPSA) is 81.4 Å². The van der Waals surface area contributed by atoms with Gasteiger partial charge >= 0.3 is 0 Å². The smallest absolute Gasteiger partial charge is 0.256 e. The van der Waals surface area contributed by atoms with Crippen LogP contribution in [0.15, 0.2) is 24.3 Å². The molecule has 5 nitrogen and oxygen atoms in total. The Morgan fingerprint density at radius 3 is 2.72 bits per heavy atom. The Morgan fingerprint density at radius 1 is 1.31 bits per heavy atom. The number of amides is 2. The molecule has 2 amide bonds. The van der Waals surface area contributed by atoms with Gasteiger partial charge in [0.05, 0.1) is 12.2 Å². The van der Waals surface area contributed by atoms with E-state index in [0.29, 0.717) is 34.4 Å². The number of rotatable bonds is 6. The molecule has 1 aromatic heterocycles. The zero-order chi connectivity index (χ0) is 21.2. The minimum Gasteiger partial charge on any atom is -0.494 e. The summed E-state index contributed by atoms with van der Waals surface area (Å²) in [5.41, 5.74) is 7.88. The number of nitrogens with two attached hydrogens (primary N) is 1. The first-order valence-electron chi connectivity index (χ1n) is 10.2. The third-order valence-electron chi connectivity index (χ3n) is 5.53. The van der Waals surface area contributed by atoms with E-state index in [1.807, 2.05) is 13.0 Å². The Morgan fingerprint density at radius 2 is 2.07 bits per heavy atom. The first-order valence-corrected chi connectivity index (χ1v) is 11.0. The summed E-state index contributed by atoms with van der Waals surface area (Å²) in [4.78, 5) is 26.2. The molecule has 156 valence electrons. The first-order chi connectivity index (χ1) is 13.7. The number of hydrogen-bond donors (Lipinski definition) is 2. The molecule has 1 aliphatic carbocycles. The zero-order valence-corrected chi connectivity index (χ0v) is 18.4. The second-order valence-corrected chi connectivity index (χ2v) is 9.81. The van der Waals surface area contributed by atoms with E-state index in [-0.39, 0.29) is 11.3 Å². The Hall–Kier alpha value is -2.34. The molecule has 6 heteroatoms. The van der Waals surface area contributed by atoms with Crippen LogP contribution >= 0.6 is 11.3 Å². The molecule has 0 fully saturated rings. The predicted molar refractivity (Wildman–Crippen MR) is 118 cm³/mol. The van der Waals surface area contributed by atoms with Crippen LogP contribution in [0, 0.1) is 11.3 Å². The summed E-state index contributed by atoms with van der Waals surface area (Å²) in [5, 5.41) is 3.48. The Kier molecular flexibility index (Phi) is 6.32. The van der Waals surface area contributed by atoms with Gasteiger partial charge in [0.1, 0.15) is 10.8 Å². The highest BCUT2D eigenvalue weighted by Gasteiger charge is 2.33. The van der Waals surface area contributed by atoms with Crippen LogP contribution < -0.4 is 15.8 Å². The molecule has 0 saturated heterocycles. The molecule has 0 bridgehead atoms. The van der Waals surface area contributed by atoms with E-state index in [0.717, 1.165) is 31.2 Å². The molecule has 0 spiro atoms. The Balaban J connectivity index is 1.85. The van der Waals surface area contributed by atoms with Gasteiger partial charge in [-0.3, -0.25) is 9.59 Å². The van der Waals surface area contributed by atoms with Crippen molar-refractivity contribution >= 4 is 28.2 Å². The summed E-state index contributed by atoms with van der Waals surface area (Å²) in [6.07, 6.45) is 3.66. The normalized spacial score (nSPS) is 16.2. The molecule has 3 N–H and O–H groups in total. The molecule has 0 aliphatic heterocycles. The highest BCUT2D eigenvalue weighted by Crippen LogP contribution is 2.44. The van der Waals surface area contributed by atoms with E-state index >= 15 is 0 Å². The van der Waals surface area contributed by atoms with Gasteiger partial charge in [-0.15, -0.1) is 11.3 Å². The lowest BCUT2D eigenvalue weighted by Crippen LogP contribution is -2.27. The van der Waals surface area contributed by atoms with Crippen molar-refractivity contribution in [3.8, 4) is 5.75 Å². The summed E-state index contributed by atoms with van der Waals surface area (Å²) in [7, 11) is 0. The van der Waals surface area contributed by atoms with Crippen molar-refractivity contribution in [3.05, 3.63) is 45.8 Å². The zero-order valence-electron chi connectivity index (χ0n) is 17.6. The van der Waals surface area contributed by atoms with Gasteiger partial charge in [-0.2, -0.15) is 0 Å². The van der Waals surface area contributed by atoms with E-state index in [1.54, 1.807) is 18.2 Å². The van der Waals surface area contributed by atoms with Gasteiger partial charge in [0, 0.05) is 10.4 Å². The quantitative estimate of drug-likeness (QED) is 0.695. The SMILES string of the molecule is CCCOc1cccc(C(=O)Nc2sc3c(c2C(N)=O)CC[C@H](C(C)(C)C)C3)c1. The average molecular weight is 415 g/mol. The van der Waals surface area contributed by atoms with Crippen molar-refractivity contribution in [2.45, 2.75) is 53.4 Å². The third-order valence-corrected chi connectivity index (χ3v) is 6.70. The number of nitrogens with one attached hydrogen (secondary N) is 1. The molecule has 1 atom stereocenters. The number of ether oxygens (including phenoxy) is 1. The maximum Gasteiger partial charge on any atom is 0.256 e. The van der Waals surface area contributed by atoms with Crippen molar-refractivity contribution in [1.29, 1.82) is 0 Å². The third kappa shape index (κ3) is 4.81. The number of carbonyl (C=O) groups excluding carboxylic acids is 2. The van der Waals surface area contributed by atoms with Crippen molar-refractivity contribution in [2.75, 3.05) is 11.9 Å². The molecule has 1 aliphatic rings. The fourth-order valence-corrected chi connectivity index (χ4v) is 5.12. The predicted octanol–water partition coefficient (Wildman–Crippen LogP) is 5.04. The van der Waals surface area contributed by atoms with Crippen LogP contribution in [-0.2, 0) is 12.8 Å². The average Bonchev–Trinajstić information content (AvgIpc) is 3.03. The fourth-order valence-electron chi connectivity index (χ4n) is 3.80. The molecular weight excluding hydrogens is 384 g/mol. The number of thiophene rings is 1. The summed E-state index contributed by atoms with van der Waals surface area (Å²) in [6.45, 7) is 9.39. The summed E-state index contributed by atoms with van der Waals surface area (Å²) in [5.74, 6) is 0.464. The van der Waals surface area contributed by atoms with E-state index in [1.165, 1.54) is 16.2 Å². The van der Waals surface area contributed by atoms with Crippen molar-refractivity contribution in [1.82, 2.24) is 0 Å². The van der Waals surface area contributed by atoms with Gasteiger partial charge in [0.2, 0.25) is 0 Å². The van der Waals surface area contributed by atoms with Crippen molar-refractivity contribution in [2.24, 2.45) is 17.1 Å². The minimum atomic E-state index is -0.480. The maximum absolute atomic E-state index is 12.8. The largest absolute Gasteiger partial charge is 0.494 e. The summed E-state index contributed by atoms with van der Waals surface area (Å²) < 4.78 is 5.62. The number of primary amides is 1. The molecule has 1 heterocycles. The fraction of sp³-hybridized carbons (Fsp3) is 0.478. The van der Waals surface area contributed by atoms with Gasteiger partial charge in [-0.1, -0.05) is 33.8 Å². The number of benzene rings is 1. The Labute approximate surface area is 176 Å². The van der Waals surface area contributed by atoms with Gasteiger partial charge in [-0.05, 0) is 60.8 Å². The van der Waals surface area contributed by atoms with E-state index < -0.39 is 5.91 Å². The van der Waals surface area contributed by atoms with Crippen LogP contribution in [0.2, 0.25) is 0 Å². The number of carbonyl (C=O) groups is 2. The first kappa shape index (κ1) is 21.4. The maximum atomic E-state index is 12.8. The monoisotopic (exact) mass is 414 g/mol. The van der Waals surface area contributed by atoms with Crippen LogP contribution in [0.1, 0.15) is 71.7 Å². The number of anilines is 1. The molecule has 3 rings (SSSR count). The van der Waals surface area contributed by atoms with Crippen molar-refractivity contribution in [3.63, 3.8) is 0 Å². The molecule has 2 aromatic rings. The summed E-state index contributed by atoms with van der Waals surface area (Å²) >= 11 is 1.49. The van der Waals surface area contributed by atoms with Gasteiger partial charge < -0.3 is 15.8 Å². The van der Waals surface area contributed by atoms with E-state index in [2.05, 4.69) is 26.1 Å². The van der Waals surface area contributed by atoms with Gasteiger partial charge in [0.25, 0.3) is 11.8 Å². The van der Waals surface area contributed by atoms with Gasteiger partial charge in [-0.25, -0.2) is 0 Å². The minimum absolute atomic E-state index is 0.205. The standard InChI is InChI=1S/C23H30N2O3S/c1-5-11-28-16-8-6-7-14(12-16)21(27)25-22-19(20(24)26)17-10-9-15(23(2,3)4)13-18(17)29-22/h6-8,12,15H,5,9-11,13H2,1-4H3,(H2,24,26)(H,25,27)/t15-/m0/s1. The molecule has 1 aromatic carbocycles. The van der Waals surface area contributed by atoms with Crippen LogP contribution in [-0.4, -0.2) is 18.4 Å². The molecule has 0 radical (unpaired) electrons. The van der Waals surface area contributed by atoms with E-state index in [4.69, 9.17) is 10.5 Å². The lowest BCUT2D eigenvalue weighted by molar-refractivity contribution is 0.1000.